The first-order chi connectivity index (χ1) is 70.9. The molecule has 12 aromatic rings. The van der Waals surface area contributed by atoms with Gasteiger partial charge >= 0.3 is 0 Å². The topological polar surface area (TPSA) is 392 Å². The molecule has 6 aliphatic carbocycles. The number of nitrogens with zero attached hydrogens (tertiary/aromatic N) is 18. The zero-order valence-electron chi connectivity index (χ0n) is 86.4. The molecule has 0 spiro atoms. The van der Waals surface area contributed by atoms with Crippen molar-refractivity contribution in [1.82, 2.24) is 70.0 Å². The van der Waals surface area contributed by atoms with Gasteiger partial charge in [-0.1, -0.05) is 113 Å². The lowest BCUT2D eigenvalue weighted by molar-refractivity contribution is -0.122. The Bertz CT molecular complexity index is 6470. The van der Waals surface area contributed by atoms with E-state index in [1.54, 1.807) is 48.5 Å². The van der Waals surface area contributed by atoms with Crippen LogP contribution in [0.3, 0.4) is 0 Å². The smallest absolute Gasteiger partial charge is 0.222 e. The minimum Gasteiger partial charge on any atom is -0.507 e. The number of primary amides is 1. The van der Waals surface area contributed by atoms with Crippen LogP contribution in [-0.2, 0) is 86.6 Å². The molecule has 4 aliphatic heterocycles. The van der Waals surface area contributed by atoms with Crippen LogP contribution >= 0.6 is 0 Å². The lowest BCUT2D eigenvalue weighted by Crippen LogP contribution is -2.44. The van der Waals surface area contributed by atoms with E-state index >= 15 is 0 Å². The highest BCUT2D eigenvalue weighted by Gasteiger charge is 2.35. The Hall–Kier alpha value is -13.3. The van der Waals surface area contributed by atoms with E-state index in [-0.39, 0.29) is 59.0 Å². The number of aromatic nitrogens is 12. The van der Waals surface area contributed by atoms with E-state index < -0.39 is 0 Å². The molecule has 146 heavy (non-hydrogen) atoms. The number of anilines is 6. The number of nitrogens with two attached hydrogens (primary N) is 1. The number of piperidine rings is 2. The molecule has 11 N–H and O–H groups in total. The number of rotatable bonds is 18. The van der Waals surface area contributed by atoms with Gasteiger partial charge in [0.25, 0.3) is 0 Å². The number of nitrogens with one attached hydrogen (secondary N) is 2. The summed E-state index contributed by atoms with van der Waals surface area (Å²) in [5, 5.41) is 77.2. The molecule has 6 unspecified atom stereocenters. The lowest BCUT2D eigenvalue weighted by atomic mass is 9.87. The highest BCUT2D eigenvalue weighted by molar-refractivity contribution is 5.78. The number of aryl methyl sites for hydroxylation is 2. The first kappa shape index (κ1) is 104. The van der Waals surface area contributed by atoms with E-state index in [2.05, 4.69) is 93.9 Å². The maximum atomic E-state index is 11.7. The van der Waals surface area contributed by atoms with Gasteiger partial charge in [0.1, 0.15) is 69.4 Å². The second kappa shape index (κ2) is 49.3. The van der Waals surface area contributed by atoms with E-state index in [0.29, 0.717) is 87.4 Å². The zero-order chi connectivity index (χ0) is 102. The Labute approximate surface area is 859 Å². The standard InChI is InChI=1S/C21H26N4O2.C20H28N4O.C20H25N3O2.C19H24N4O.C18H23N3O2.C18H21N3O/c1-13-8-9-15-17(11-13)23-20(16-6-2-3-7-18(16)26)24-21(15)25-10-4-5-14(12-25)19(22)27;1-14-9-10-15-17(13-14)21-19(16-7-5-6-8-18(16)25)22-20(15)24(4)12-11-23(2)3;24-18-10-6-5-8-16(18)19-21-17-9-4-2-1-3-7-15(17)20(22-19)23-11-13-25-14-12-23;1-13-6-7-14-16(12-13)21-18(15-4-2-3-5-17(15)24)22-19(14)23-10-8-20-9-11-23;1-11-7-8-13-15(9-11)20-18(14-5-3-4-6-16(14)23)21-17(13)19-12(2)10-22;22-16-10-3-2-7-14(16)17-19-15-9-6-8-13(15)18(20-17)21-11-4-1-5-12-21/h2-3,6-7,13-14,26H,4-5,8-12H2,1H3,(H2,22,27);5-8,14,25H,9-13H2,1-4H3;5-6,8,10,24H,1-4,7,9,11-14H2;2-5,13,20,24H,6-12H2,1H3;3-6,11-12,22-23H,7-10H2,1-2H3,(H,19,20,21);2-3,7,10,22H,1,4-6,8-9,11-12H2. The van der Waals surface area contributed by atoms with Gasteiger partial charge < -0.3 is 86.2 Å². The number of piperazine rings is 1. The van der Waals surface area contributed by atoms with Crippen molar-refractivity contribution in [3.05, 3.63) is 213 Å². The van der Waals surface area contributed by atoms with Crippen molar-refractivity contribution in [2.24, 2.45) is 35.3 Å². The predicted molar refractivity (Wildman–Crippen MR) is 578 cm³/mol. The third-order valence-corrected chi connectivity index (χ3v) is 29.9. The molecular formula is C116H147N21O9. The van der Waals surface area contributed by atoms with Crippen LogP contribution in [0, 0.1) is 29.6 Å². The van der Waals surface area contributed by atoms with E-state index in [0.717, 1.165) is 274 Å². The second-order valence-electron chi connectivity index (χ2n) is 41.6. The first-order valence-corrected chi connectivity index (χ1v) is 53.3. The van der Waals surface area contributed by atoms with Crippen molar-refractivity contribution in [2.45, 2.75) is 208 Å². The van der Waals surface area contributed by atoms with Crippen molar-refractivity contribution in [2.75, 3.05) is 149 Å². The summed E-state index contributed by atoms with van der Waals surface area (Å²) in [5.74, 6) is 13.0. The number of likely N-dealkylation sites (N-methyl/N-ethyl adjacent to an activating group) is 2. The van der Waals surface area contributed by atoms with Gasteiger partial charge in [0, 0.05) is 136 Å². The van der Waals surface area contributed by atoms with Crippen LogP contribution in [0.1, 0.15) is 192 Å². The molecule has 30 nitrogen and oxygen atoms in total. The van der Waals surface area contributed by atoms with Crippen LogP contribution in [0.15, 0.2) is 146 Å². The average molecular weight is 1980 g/mol. The fourth-order valence-corrected chi connectivity index (χ4v) is 21.5. The number of morpholine rings is 1. The summed E-state index contributed by atoms with van der Waals surface area (Å²) in [6.45, 7) is 23.6. The first-order valence-electron chi connectivity index (χ1n) is 53.3. The van der Waals surface area contributed by atoms with Gasteiger partial charge in [-0.15, -0.1) is 0 Å². The Morgan fingerprint density at radius 1 is 0.377 bits per heavy atom. The maximum absolute atomic E-state index is 11.7. The monoisotopic (exact) mass is 1980 g/mol. The fourth-order valence-electron chi connectivity index (χ4n) is 21.5. The normalized spacial score (nSPS) is 19.1. The quantitative estimate of drug-likeness (QED) is 0.0381. The number of benzene rings is 6. The highest BCUT2D eigenvalue weighted by atomic mass is 16.5. The number of carbonyl (C=O) groups is 1. The third kappa shape index (κ3) is 25.7. The number of phenols is 6. The van der Waals surface area contributed by atoms with E-state index in [9.17, 15) is 40.5 Å². The third-order valence-electron chi connectivity index (χ3n) is 29.9. The van der Waals surface area contributed by atoms with Crippen LogP contribution in [-0.4, -0.2) is 232 Å². The molecule has 6 aromatic heterocycles. The van der Waals surface area contributed by atoms with Crippen LogP contribution < -0.4 is 40.9 Å². The van der Waals surface area contributed by atoms with Gasteiger partial charge in [0.05, 0.1) is 81.9 Å². The van der Waals surface area contributed by atoms with Crippen molar-refractivity contribution < 1.29 is 45.3 Å². The Kier molecular flexibility index (Phi) is 35.1. The number of para-hydroxylation sites is 6. The molecule has 6 atom stereocenters. The molecule has 6 aromatic carbocycles. The molecule has 22 rings (SSSR count). The van der Waals surface area contributed by atoms with E-state index in [4.69, 9.17) is 65.3 Å². The summed E-state index contributed by atoms with van der Waals surface area (Å²) in [7, 11) is 6.26. The number of fused-ring (bicyclic) bond motifs is 6. The molecule has 1 amide bonds. The van der Waals surface area contributed by atoms with Crippen molar-refractivity contribution in [3.63, 3.8) is 0 Å². The number of hydrogen-bond acceptors (Lipinski definition) is 29. The van der Waals surface area contributed by atoms with Crippen LogP contribution in [0.5, 0.6) is 34.5 Å². The zero-order valence-corrected chi connectivity index (χ0v) is 86.4. The number of phenolic OH excluding ortho intramolecular Hbond substituents is 6. The SMILES string of the molecule is CC1CCc2c(nc(-c3ccccc3O)nc2N(C)CCN(C)C)C1.CC1CCc2c(nc(-c3ccccc3O)nc2N2CCCC(C(N)=O)C2)C1.CC1CCc2c(nc(-c3ccccc3O)nc2N2CCNCC2)C1.CC1CCc2c(nc(-c3ccccc3O)nc2NC(C)CO)C1.Oc1ccccc1-c1nc2c(c(N3CCCCC3)n1)CCC2.Oc1ccccc1-c1nc2c(c(N3CCOCC3)n1)CCCCCC2. The summed E-state index contributed by atoms with van der Waals surface area (Å²) in [6.07, 6.45) is 28.2. The van der Waals surface area contributed by atoms with Crippen molar-refractivity contribution >= 4 is 40.8 Å². The number of aromatic hydroxyl groups is 6. The molecule has 4 fully saturated rings. The summed E-state index contributed by atoms with van der Waals surface area (Å²) >= 11 is 0. The minimum absolute atomic E-state index is 0.0428. The summed E-state index contributed by atoms with van der Waals surface area (Å²) in [6, 6.07) is 43.6. The molecule has 10 aliphatic rings. The average Bonchev–Trinajstić information content (AvgIpc) is 1.29. The number of aliphatic hydroxyl groups excluding tert-OH is 1. The number of aliphatic hydroxyl groups is 1. The van der Waals surface area contributed by atoms with Crippen LogP contribution in [0.4, 0.5) is 34.9 Å². The molecule has 30 heteroatoms. The van der Waals surface area contributed by atoms with Crippen LogP contribution in [0.2, 0.25) is 0 Å². The molecule has 0 bridgehead atoms. The molecule has 770 valence electrons. The molecule has 0 saturated carbocycles. The summed E-state index contributed by atoms with van der Waals surface area (Å²) < 4.78 is 5.52. The van der Waals surface area contributed by atoms with Crippen LogP contribution in [0.25, 0.3) is 68.3 Å². The highest BCUT2D eigenvalue weighted by Crippen LogP contribution is 2.44. The number of carbonyl (C=O) groups excluding carboxylic acids is 1. The van der Waals surface area contributed by atoms with E-state index in [1.807, 2.05) is 104 Å². The van der Waals surface area contributed by atoms with Gasteiger partial charge in [-0.3, -0.25) is 4.79 Å². The summed E-state index contributed by atoms with van der Waals surface area (Å²) in [4.78, 5) is 83.3. The molecular weight excluding hydrogens is 1830 g/mol. The van der Waals surface area contributed by atoms with Gasteiger partial charge in [-0.25, -0.2) is 59.8 Å². The second-order valence-corrected chi connectivity index (χ2v) is 41.6. The maximum Gasteiger partial charge on any atom is 0.222 e. The van der Waals surface area contributed by atoms with Gasteiger partial charge in [0.2, 0.25) is 5.91 Å². The van der Waals surface area contributed by atoms with Gasteiger partial charge in [0.15, 0.2) is 34.9 Å². The molecule has 4 saturated heterocycles. The molecule has 0 radical (unpaired) electrons. The van der Waals surface area contributed by atoms with Gasteiger partial charge in [-0.05, 0) is 272 Å². The largest absolute Gasteiger partial charge is 0.507 e. The van der Waals surface area contributed by atoms with Crippen molar-refractivity contribution in [3.8, 4) is 103 Å². The predicted octanol–water partition coefficient (Wildman–Crippen LogP) is 17.5. The fraction of sp³-hybridized carbons (Fsp3) is 0.474. The Morgan fingerprint density at radius 3 is 1.14 bits per heavy atom. The van der Waals surface area contributed by atoms with Gasteiger partial charge in [-0.2, -0.15) is 0 Å². The molecule has 10 heterocycles. The number of amides is 1. The van der Waals surface area contributed by atoms with Crippen molar-refractivity contribution in [1.29, 1.82) is 0 Å². The lowest BCUT2D eigenvalue weighted by Gasteiger charge is -2.35. The minimum atomic E-state index is -0.239. The Balaban J connectivity index is 0.000000120. The Morgan fingerprint density at radius 2 is 0.712 bits per heavy atom. The summed E-state index contributed by atoms with van der Waals surface area (Å²) in [5.41, 5.74) is 24.0. The number of hydrogen-bond donors (Lipinski definition) is 10. The number of ether oxygens (including phenoxy) is 1. The van der Waals surface area contributed by atoms with E-state index in [1.165, 1.54) is 91.3 Å².